The fourth-order valence-electron chi connectivity index (χ4n) is 5.01. The van der Waals surface area contributed by atoms with Gasteiger partial charge < -0.3 is 20.1 Å². The van der Waals surface area contributed by atoms with E-state index in [1.807, 2.05) is 66.7 Å². The van der Waals surface area contributed by atoms with E-state index in [4.69, 9.17) is 9.47 Å². The third-order valence-corrected chi connectivity index (χ3v) is 7.19. The number of carbonyl (C=O) groups excluding carboxylic acids is 3. The highest BCUT2D eigenvalue weighted by Crippen LogP contribution is 2.44. The van der Waals surface area contributed by atoms with Crippen molar-refractivity contribution in [2.45, 2.75) is 37.8 Å². The van der Waals surface area contributed by atoms with E-state index >= 15 is 0 Å². The molecular weight excluding hydrogens is 516 g/mol. The maximum atomic E-state index is 13.3. The van der Waals surface area contributed by atoms with Crippen molar-refractivity contribution >= 4 is 18.0 Å². The number of nitrogens with one attached hydrogen (secondary N) is 2. The lowest BCUT2D eigenvalue weighted by Gasteiger charge is -2.24. The van der Waals surface area contributed by atoms with E-state index in [1.165, 1.54) is 0 Å². The van der Waals surface area contributed by atoms with E-state index in [0.29, 0.717) is 6.42 Å². The van der Waals surface area contributed by atoms with Crippen LogP contribution in [-0.4, -0.2) is 37.2 Å². The van der Waals surface area contributed by atoms with Crippen molar-refractivity contribution < 1.29 is 23.9 Å². The second kappa shape index (κ2) is 14.1. The summed E-state index contributed by atoms with van der Waals surface area (Å²) < 4.78 is 11.2. The summed E-state index contributed by atoms with van der Waals surface area (Å²) in [5.74, 6) is -1.26. The molecule has 7 heteroatoms. The first kappa shape index (κ1) is 29.3. The van der Waals surface area contributed by atoms with Gasteiger partial charge in [0.25, 0.3) is 0 Å². The Kier molecular flexibility index (Phi) is 10.1. The predicted octanol–water partition coefficient (Wildman–Crippen LogP) is 6.08. The monoisotopic (exact) mass is 552 g/mol. The lowest BCUT2D eigenvalue weighted by Crippen LogP contribution is -2.48. The van der Waals surface area contributed by atoms with E-state index in [-0.39, 0.29) is 37.4 Å². The van der Waals surface area contributed by atoms with Crippen LogP contribution in [0.15, 0.2) is 104 Å². The standard InChI is InChI=1S/C34H36N2O5/c1-4-13-23(3)33(38)40-22-31(24-15-7-6-8-16-24)35-32(37)30(14-5-2)36-34(39)41-21-29-27-19-11-9-17-25(27)26-18-10-12-20-28(26)29/h4-12,15-20,23,29-31H,1-2,13-14,21-22H2,3H3,(H,35,37)(H,36,39)/t23-,30-,31+/m1/s1. The molecule has 0 fully saturated rings. The Labute approximate surface area is 241 Å². The van der Waals surface area contributed by atoms with Crippen LogP contribution in [0.1, 0.15) is 48.4 Å². The Hall–Kier alpha value is -4.65. The minimum absolute atomic E-state index is 0.0537. The number of allylic oxidation sites excluding steroid dienone is 1. The molecule has 0 aromatic heterocycles. The summed E-state index contributed by atoms with van der Waals surface area (Å²) in [5.41, 5.74) is 5.23. The summed E-state index contributed by atoms with van der Waals surface area (Å²) in [5, 5.41) is 5.60. The number of esters is 1. The van der Waals surface area contributed by atoms with Crippen LogP contribution >= 0.6 is 0 Å². The molecule has 0 aliphatic heterocycles. The first-order valence-electron chi connectivity index (χ1n) is 13.8. The molecule has 41 heavy (non-hydrogen) atoms. The number of alkyl carbamates (subject to hydrolysis) is 1. The number of hydrogen-bond acceptors (Lipinski definition) is 5. The van der Waals surface area contributed by atoms with E-state index in [1.54, 1.807) is 19.1 Å². The van der Waals surface area contributed by atoms with Gasteiger partial charge in [-0.25, -0.2) is 4.79 Å². The molecule has 4 rings (SSSR count). The van der Waals surface area contributed by atoms with E-state index in [0.717, 1.165) is 27.8 Å². The average molecular weight is 553 g/mol. The fourth-order valence-corrected chi connectivity index (χ4v) is 5.01. The molecule has 1 aliphatic carbocycles. The van der Waals surface area contributed by atoms with Crippen LogP contribution < -0.4 is 10.6 Å². The van der Waals surface area contributed by atoms with Gasteiger partial charge in [0.1, 0.15) is 19.3 Å². The molecule has 1 aliphatic rings. The average Bonchev–Trinajstić information content (AvgIpc) is 3.31. The molecule has 2 N–H and O–H groups in total. The molecule has 2 amide bonds. The third kappa shape index (κ3) is 7.31. The van der Waals surface area contributed by atoms with Crippen LogP contribution in [0.5, 0.6) is 0 Å². The summed E-state index contributed by atoms with van der Waals surface area (Å²) >= 11 is 0. The molecule has 7 nitrogen and oxygen atoms in total. The van der Waals surface area contributed by atoms with Crippen LogP contribution in [0.2, 0.25) is 0 Å². The van der Waals surface area contributed by atoms with E-state index in [9.17, 15) is 14.4 Å². The van der Waals surface area contributed by atoms with Crippen molar-refractivity contribution in [3.63, 3.8) is 0 Å². The van der Waals surface area contributed by atoms with Crippen molar-refractivity contribution in [2.24, 2.45) is 5.92 Å². The van der Waals surface area contributed by atoms with Gasteiger partial charge in [0.15, 0.2) is 0 Å². The smallest absolute Gasteiger partial charge is 0.407 e. The molecule has 0 radical (unpaired) electrons. The van der Waals surface area contributed by atoms with Gasteiger partial charge in [0, 0.05) is 5.92 Å². The Morgan fingerprint density at radius 2 is 1.39 bits per heavy atom. The molecule has 3 aromatic rings. The summed E-state index contributed by atoms with van der Waals surface area (Å²) in [6, 6.07) is 23.9. The van der Waals surface area contributed by atoms with Gasteiger partial charge in [-0.1, -0.05) is 97.9 Å². The Morgan fingerprint density at radius 1 is 0.805 bits per heavy atom. The zero-order chi connectivity index (χ0) is 29.2. The topological polar surface area (TPSA) is 93.7 Å². The SMILES string of the molecule is C=CC[C@@H](C)C(=O)OC[C@H](NC(=O)[C@@H](CC=C)NC(=O)OCC1c2ccccc2-c2ccccc21)c1ccccc1. The van der Waals surface area contributed by atoms with Crippen molar-refractivity contribution in [1.82, 2.24) is 10.6 Å². The summed E-state index contributed by atoms with van der Waals surface area (Å²) in [4.78, 5) is 38.6. The Morgan fingerprint density at radius 3 is 2.00 bits per heavy atom. The maximum absolute atomic E-state index is 13.3. The van der Waals surface area contributed by atoms with Gasteiger partial charge in [-0.15, -0.1) is 13.2 Å². The highest BCUT2D eigenvalue weighted by atomic mass is 16.5. The maximum Gasteiger partial charge on any atom is 0.407 e. The normalized spacial score (nSPS) is 14.0. The molecule has 0 bridgehead atoms. The zero-order valence-corrected chi connectivity index (χ0v) is 23.3. The predicted molar refractivity (Wildman–Crippen MR) is 159 cm³/mol. The molecule has 0 saturated heterocycles. The van der Waals surface area contributed by atoms with Crippen LogP contribution in [-0.2, 0) is 19.1 Å². The number of hydrogen-bond donors (Lipinski definition) is 2. The molecule has 0 unspecified atom stereocenters. The molecule has 3 atom stereocenters. The van der Waals surface area contributed by atoms with Gasteiger partial charge in [0.05, 0.1) is 12.0 Å². The van der Waals surface area contributed by atoms with Crippen LogP contribution in [0.3, 0.4) is 0 Å². The molecule has 0 saturated carbocycles. The Balaban J connectivity index is 1.40. The Bertz CT molecular complexity index is 1340. The fraction of sp³-hybridized carbons (Fsp3) is 0.265. The quantitative estimate of drug-likeness (QED) is 0.198. The van der Waals surface area contributed by atoms with Crippen LogP contribution in [0.25, 0.3) is 11.1 Å². The highest BCUT2D eigenvalue weighted by Gasteiger charge is 2.30. The summed E-state index contributed by atoms with van der Waals surface area (Å²) in [7, 11) is 0. The minimum Gasteiger partial charge on any atom is -0.463 e. The number of carbonyl (C=O) groups is 3. The third-order valence-electron chi connectivity index (χ3n) is 7.19. The largest absolute Gasteiger partial charge is 0.463 e. The van der Waals surface area contributed by atoms with E-state index < -0.39 is 24.1 Å². The molecule has 0 spiro atoms. The number of amides is 2. The van der Waals surface area contributed by atoms with Crippen molar-refractivity contribution in [3.05, 3.63) is 121 Å². The van der Waals surface area contributed by atoms with Crippen LogP contribution in [0, 0.1) is 5.92 Å². The van der Waals surface area contributed by atoms with Crippen molar-refractivity contribution in [3.8, 4) is 11.1 Å². The second-order valence-electron chi connectivity index (χ2n) is 10.1. The van der Waals surface area contributed by atoms with E-state index in [2.05, 4.69) is 35.9 Å². The molecular formula is C34H36N2O5. The number of benzene rings is 3. The molecule has 0 heterocycles. The lowest BCUT2D eigenvalue weighted by atomic mass is 9.98. The molecule has 212 valence electrons. The number of fused-ring (bicyclic) bond motifs is 3. The number of rotatable bonds is 13. The zero-order valence-electron chi connectivity index (χ0n) is 23.3. The minimum atomic E-state index is -0.926. The number of ether oxygens (including phenoxy) is 2. The summed E-state index contributed by atoms with van der Waals surface area (Å²) in [6.45, 7) is 9.24. The van der Waals surface area contributed by atoms with Gasteiger partial charge in [0.2, 0.25) is 5.91 Å². The first-order chi connectivity index (χ1) is 19.9. The second-order valence-corrected chi connectivity index (χ2v) is 10.1. The van der Waals surface area contributed by atoms with Crippen LogP contribution in [0.4, 0.5) is 4.79 Å². The van der Waals surface area contributed by atoms with Crippen molar-refractivity contribution in [1.29, 1.82) is 0 Å². The first-order valence-corrected chi connectivity index (χ1v) is 13.8. The lowest BCUT2D eigenvalue weighted by molar-refractivity contribution is -0.149. The van der Waals surface area contributed by atoms with Gasteiger partial charge >= 0.3 is 12.1 Å². The molecule has 3 aromatic carbocycles. The van der Waals surface area contributed by atoms with Gasteiger partial charge in [-0.05, 0) is 40.7 Å². The summed E-state index contributed by atoms with van der Waals surface area (Å²) in [6.07, 6.45) is 3.20. The highest BCUT2D eigenvalue weighted by molar-refractivity contribution is 5.86. The van der Waals surface area contributed by atoms with Gasteiger partial charge in [-0.2, -0.15) is 0 Å². The van der Waals surface area contributed by atoms with Gasteiger partial charge in [-0.3, -0.25) is 9.59 Å². The van der Waals surface area contributed by atoms with Crippen molar-refractivity contribution in [2.75, 3.05) is 13.2 Å².